The summed E-state index contributed by atoms with van der Waals surface area (Å²) in [5, 5.41) is 3.02. The topological polar surface area (TPSA) is 73.6 Å². The number of amides is 1. The van der Waals surface area contributed by atoms with Crippen molar-refractivity contribution in [2.24, 2.45) is 4.99 Å². The first-order valence-corrected chi connectivity index (χ1v) is 11.5. The molecule has 6 nitrogen and oxygen atoms in total. The largest absolute Gasteiger partial charge is 0.465 e. The predicted molar refractivity (Wildman–Crippen MR) is 130 cm³/mol. The normalized spacial score (nSPS) is 12.0. The molecule has 0 N–H and O–H groups in total. The number of hydrogen-bond acceptors (Lipinski definition) is 5. The number of nitrogens with zero attached hydrogens (tertiary/aromatic N) is 3. The number of aromatic nitrogens is 2. The van der Waals surface area contributed by atoms with Gasteiger partial charge in [-0.2, -0.15) is 4.99 Å². The summed E-state index contributed by atoms with van der Waals surface area (Å²) < 4.78 is 7.90. The number of pyridine rings is 1. The molecule has 0 unspecified atom stereocenters. The van der Waals surface area contributed by atoms with Crippen LogP contribution >= 0.6 is 11.3 Å². The molecule has 0 saturated carbocycles. The fourth-order valence-corrected chi connectivity index (χ4v) is 5.05. The maximum Gasteiger partial charge on any atom is 0.326 e. The molecular weight excluding hydrogens is 434 g/mol. The van der Waals surface area contributed by atoms with Gasteiger partial charge in [-0.05, 0) is 49.6 Å². The van der Waals surface area contributed by atoms with Crippen molar-refractivity contribution in [3.8, 4) is 0 Å². The summed E-state index contributed by atoms with van der Waals surface area (Å²) in [4.78, 5) is 34.8. The lowest BCUT2D eigenvalue weighted by molar-refractivity contribution is -0.143. The molecule has 0 bridgehead atoms. The van der Waals surface area contributed by atoms with Gasteiger partial charge in [-0.3, -0.25) is 14.6 Å². The van der Waals surface area contributed by atoms with E-state index in [4.69, 9.17) is 4.74 Å². The number of rotatable bonds is 4. The van der Waals surface area contributed by atoms with E-state index >= 15 is 0 Å². The van der Waals surface area contributed by atoms with Gasteiger partial charge in [-0.1, -0.05) is 47.7 Å². The van der Waals surface area contributed by atoms with Gasteiger partial charge in [-0.15, -0.1) is 0 Å². The van der Waals surface area contributed by atoms with Gasteiger partial charge in [0.25, 0.3) is 5.91 Å². The van der Waals surface area contributed by atoms with Gasteiger partial charge in [0, 0.05) is 22.0 Å². The number of carbonyl (C=O) groups excluding carboxylic acids is 2. The first kappa shape index (κ1) is 21.0. The lowest BCUT2D eigenvalue weighted by Gasteiger charge is -2.06. The van der Waals surface area contributed by atoms with Crippen molar-refractivity contribution in [3.63, 3.8) is 0 Å². The van der Waals surface area contributed by atoms with E-state index in [2.05, 4.69) is 9.98 Å². The van der Waals surface area contributed by atoms with Crippen molar-refractivity contribution in [1.82, 2.24) is 9.55 Å². The Bertz CT molecular complexity index is 1610. The second-order valence-corrected chi connectivity index (χ2v) is 8.67. The zero-order chi connectivity index (χ0) is 22.9. The summed E-state index contributed by atoms with van der Waals surface area (Å²) in [6, 6.07) is 21.2. The average molecular weight is 456 g/mol. The van der Waals surface area contributed by atoms with Crippen LogP contribution in [0.15, 0.2) is 71.7 Å². The molecule has 0 spiro atoms. The van der Waals surface area contributed by atoms with E-state index in [9.17, 15) is 9.59 Å². The first-order chi connectivity index (χ1) is 16.0. The fraction of sp³-hybridized carbons (Fsp3) is 0.154. The summed E-state index contributed by atoms with van der Waals surface area (Å²) >= 11 is 1.40. The second-order valence-electron chi connectivity index (χ2n) is 7.69. The van der Waals surface area contributed by atoms with Crippen LogP contribution in [-0.2, 0) is 16.1 Å². The van der Waals surface area contributed by atoms with Crippen molar-refractivity contribution in [2.45, 2.75) is 20.4 Å². The number of benzene rings is 3. The molecule has 0 atom stereocenters. The van der Waals surface area contributed by atoms with Crippen molar-refractivity contribution in [1.29, 1.82) is 0 Å². The highest BCUT2D eigenvalue weighted by molar-refractivity contribution is 7.17. The Morgan fingerprint density at radius 3 is 2.70 bits per heavy atom. The maximum atomic E-state index is 13.1. The van der Waals surface area contributed by atoms with Crippen molar-refractivity contribution in [2.75, 3.05) is 6.61 Å². The number of ether oxygens (including phenoxy) is 1. The first-order valence-electron chi connectivity index (χ1n) is 10.7. The summed E-state index contributed by atoms with van der Waals surface area (Å²) in [5.74, 6) is -0.739. The third kappa shape index (κ3) is 4.03. The molecule has 5 rings (SSSR count). The van der Waals surface area contributed by atoms with Gasteiger partial charge >= 0.3 is 5.97 Å². The quantitative estimate of drug-likeness (QED) is 0.357. The average Bonchev–Trinajstić information content (AvgIpc) is 3.16. The molecule has 33 heavy (non-hydrogen) atoms. The third-order valence-corrected chi connectivity index (χ3v) is 6.57. The lowest BCUT2D eigenvalue weighted by atomic mass is 10.1. The Hall–Kier alpha value is -3.84. The van der Waals surface area contributed by atoms with E-state index in [1.165, 1.54) is 11.3 Å². The molecule has 5 aromatic rings. The number of hydrogen-bond donors (Lipinski definition) is 0. The maximum absolute atomic E-state index is 13.1. The molecule has 0 fully saturated rings. The van der Waals surface area contributed by atoms with Crippen LogP contribution in [0.25, 0.3) is 31.9 Å². The highest BCUT2D eigenvalue weighted by Gasteiger charge is 2.15. The second kappa shape index (κ2) is 8.60. The minimum Gasteiger partial charge on any atom is -0.465 e. The summed E-state index contributed by atoms with van der Waals surface area (Å²) in [7, 11) is 0. The van der Waals surface area contributed by atoms with Gasteiger partial charge in [0.2, 0.25) is 0 Å². The summed E-state index contributed by atoms with van der Waals surface area (Å²) in [5.41, 5.74) is 3.07. The monoisotopic (exact) mass is 455 g/mol. The van der Waals surface area contributed by atoms with Gasteiger partial charge < -0.3 is 9.30 Å². The number of esters is 1. The molecule has 0 aliphatic rings. The molecule has 2 heterocycles. The summed E-state index contributed by atoms with van der Waals surface area (Å²) in [6.45, 7) is 3.98. The molecule has 0 aliphatic carbocycles. The van der Waals surface area contributed by atoms with Crippen LogP contribution < -0.4 is 4.80 Å². The standard InChI is InChI=1S/C26H21N3O3S/c1-3-32-23(30)15-29-22-13-11-17-6-4-5-7-20(17)24(22)33-26(29)28-25(31)19-10-12-21-18(14-19)9-8-16(2)27-21/h4-14H,3,15H2,1-2H3. The predicted octanol–water partition coefficient (Wildman–Crippen LogP) is 5.02. The van der Waals surface area contributed by atoms with Crippen LogP contribution in [0.3, 0.4) is 0 Å². The van der Waals surface area contributed by atoms with E-state index in [0.29, 0.717) is 17.0 Å². The molecule has 3 aromatic carbocycles. The van der Waals surface area contributed by atoms with Crippen LogP contribution in [0.4, 0.5) is 0 Å². The molecule has 0 aliphatic heterocycles. The molecular formula is C26H21N3O3S. The van der Waals surface area contributed by atoms with Gasteiger partial charge in [0.1, 0.15) is 6.54 Å². The Labute approximate surface area is 193 Å². The number of fused-ring (bicyclic) bond motifs is 4. The van der Waals surface area contributed by atoms with E-state index in [-0.39, 0.29) is 18.4 Å². The zero-order valence-corrected chi connectivity index (χ0v) is 19.1. The zero-order valence-electron chi connectivity index (χ0n) is 18.2. The van der Waals surface area contributed by atoms with Crippen molar-refractivity contribution in [3.05, 3.63) is 82.8 Å². The molecule has 2 aromatic heterocycles. The van der Waals surface area contributed by atoms with Crippen LogP contribution in [-0.4, -0.2) is 28.0 Å². The van der Waals surface area contributed by atoms with Crippen LogP contribution in [0.1, 0.15) is 23.0 Å². The van der Waals surface area contributed by atoms with Crippen molar-refractivity contribution >= 4 is 55.1 Å². The number of aryl methyl sites for hydroxylation is 1. The van der Waals surface area contributed by atoms with E-state index in [1.54, 1.807) is 23.6 Å². The van der Waals surface area contributed by atoms with Gasteiger partial charge in [0.15, 0.2) is 4.80 Å². The highest BCUT2D eigenvalue weighted by Crippen LogP contribution is 2.28. The van der Waals surface area contributed by atoms with Crippen LogP contribution in [0.2, 0.25) is 0 Å². The Morgan fingerprint density at radius 2 is 1.85 bits per heavy atom. The van der Waals surface area contributed by atoms with Crippen molar-refractivity contribution < 1.29 is 14.3 Å². The minimum absolute atomic E-state index is 0.0147. The SMILES string of the molecule is CCOC(=O)Cn1c(=NC(=O)c2ccc3nc(C)ccc3c2)sc2c3ccccc3ccc21. The Balaban J connectivity index is 1.66. The van der Waals surface area contributed by atoms with Gasteiger partial charge in [0.05, 0.1) is 22.3 Å². The minimum atomic E-state index is -0.369. The molecule has 0 radical (unpaired) electrons. The molecule has 7 heteroatoms. The lowest BCUT2D eigenvalue weighted by Crippen LogP contribution is -2.23. The number of thiazole rings is 1. The van der Waals surface area contributed by atoms with E-state index in [0.717, 1.165) is 37.6 Å². The highest BCUT2D eigenvalue weighted by atomic mass is 32.1. The fourth-order valence-electron chi connectivity index (χ4n) is 3.88. The van der Waals surface area contributed by atoms with Gasteiger partial charge in [-0.25, -0.2) is 0 Å². The third-order valence-electron chi connectivity index (χ3n) is 5.44. The van der Waals surface area contributed by atoms with E-state index in [1.807, 2.05) is 61.5 Å². The molecule has 0 saturated heterocycles. The molecule has 164 valence electrons. The Morgan fingerprint density at radius 1 is 1.03 bits per heavy atom. The smallest absolute Gasteiger partial charge is 0.326 e. The Kier molecular flexibility index (Phi) is 5.48. The summed E-state index contributed by atoms with van der Waals surface area (Å²) in [6.07, 6.45) is 0. The van der Waals surface area contributed by atoms with Crippen LogP contribution in [0, 0.1) is 6.92 Å². The van der Waals surface area contributed by atoms with E-state index < -0.39 is 0 Å². The van der Waals surface area contributed by atoms with Crippen LogP contribution in [0.5, 0.6) is 0 Å². The number of carbonyl (C=O) groups is 2. The molecule has 1 amide bonds.